The van der Waals surface area contributed by atoms with Crippen molar-refractivity contribution in [3.05, 3.63) is 194 Å². The summed E-state index contributed by atoms with van der Waals surface area (Å²) in [4.78, 5) is 38.3. The van der Waals surface area contributed by atoms with Gasteiger partial charge >= 0.3 is 17.9 Å². The van der Waals surface area contributed by atoms with Crippen LogP contribution in [0.3, 0.4) is 0 Å². The van der Waals surface area contributed by atoms with Crippen molar-refractivity contribution in [3.63, 3.8) is 0 Å². The lowest BCUT2D eigenvalue weighted by Gasteiger charge is -2.18. The molecule has 0 fully saturated rings. The molecule has 0 aliphatic carbocycles. The number of ether oxygens (including phenoxy) is 3. The van der Waals surface area contributed by atoms with Gasteiger partial charge < -0.3 is 14.2 Å². The van der Waals surface area contributed by atoms with Crippen LogP contribution < -0.4 is 0 Å². The van der Waals surface area contributed by atoms with Gasteiger partial charge in [-0.2, -0.15) is 0 Å². The lowest BCUT2D eigenvalue weighted by atomic mass is 10.1. The average Bonchev–Trinajstić information content (AvgIpc) is 3.49. The third kappa shape index (κ3) is 66.9. The Hall–Kier alpha value is -5.75. The van der Waals surface area contributed by atoms with E-state index in [1.807, 2.05) is 12.2 Å². The minimum Gasteiger partial charge on any atom is -0.462 e. The van der Waals surface area contributed by atoms with Gasteiger partial charge in [0, 0.05) is 19.3 Å². The molecular weight excluding hydrogens is 1020 g/mol. The van der Waals surface area contributed by atoms with Crippen LogP contribution in [-0.2, 0) is 28.6 Å². The molecule has 6 heteroatoms. The molecule has 0 rings (SSSR count). The molecule has 0 saturated carbocycles. The molecule has 0 aromatic heterocycles. The molecule has 6 nitrogen and oxygen atoms in total. The van der Waals surface area contributed by atoms with E-state index in [0.29, 0.717) is 12.8 Å². The number of allylic oxidation sites excluding steroid dienone is 32. The molecule has 0 heterocycles. The predicted molar refractivity (Wildman–Crippen MR) is 361 cm³/mol. The topological polar surface area (TPSA) is 78.9 Å². The van der Waals surface area contributed by atoms with Crippen molar-refractivity contribution in [2.24, 2.45) is 0 Å². The standard InChI is InChI=1S/C77H118O6/c1-4-7-10-13-16-19-22-25-27-29-31-33-35-37-38-40-41-43-45-47-49-52-55-58-61-64-67-70-76(79)82-73-74(72-81-75(78)69-66-63-60-57-54-51-24-21-18-15-12-9-6-3)83-77(80)71-68-65-62-59-56-53-50-48-46-44-42-39-36-34-32-30-28-26-23-20-17-14-11-8-5-2/h7-12,16-21,25-28,31-34,37-39,41-43,46,48,51,54,60,63,74H,4-6,13-15,22-24,29-30,35-36,40,44-45,47,49-50,52-53,55-59,61-62,64-73H2,1-3H3/b10-7-,11-8-,12-9-,19-16-,20-17-,21-18-,27-25-,28-26-,33-31-,34-32-,38-37-,42-39-,43-41-,48-46-,54-51-,63-60-. The van der Waals surface area contributed by atoms with E-state index in [1.54, 1.807) is 0 Å². The summed E-state index contributed by atoms with van der Waals surface area (Å²) in [5, 5.41) is 0. The summed E-state index contributed by atoms with van der Waals surface area (Å²) in [7, 11) is 0. The zero-order valence-corrected chi connectivity index (χ0v) is 52.9. The van der Waals surface area contributed by atoms with Crippen LogP contribution in [0.5, 0.6) is 0 Å². The highest BCUT2D eigenvalue weighted by atomic mass is 16.6. The number of unbranched alkanes of at least 4 members (excludes halogenated alkanes) is 14. The SMILES string of the molecule is CC/C=C\C/C=C\C/C=C\C/C=C\C/C=C\C/C=C\CCCCCCCCCCC(=O)OCC(COC(=O)CC/C=C\C/C=C\C/C=C\C/C=C\CC)OC(=O)CCCCCCCC/C=C\C/C=C\C/C=C\C/C=C\C/C=C\C/C=C\CC. The van der Waals surface area contributed by atoms with Crippen molar-refractivity contribution >= 4 is 17.9 Å². The molecule has 0 saturated heterocycles. The summed E-state index contributed by atoms with van der Waals surface area (Å²) < 4.78 is 16.8. The smallest absolute Gasteiger partial charge is 0.306 e. The Morgan fingerprint density at radius 3 is 0.747 bits per heavy atom. The monoisotopic (exact) mass is 1140 g/mol. The highest BCUT2D eigenvalue weighted by Gasteiger charge is 2.19. The average molecular weight is 1140 g/mol. The van der Waals surface area contributed by atoms with Gasteiger partial charge in [-0.3, -0.25) is 14.4 Å². The Labute approximate surface area is 509 Å². The van der Waals surface area contributed by atoms with Crippen LogP contribution in [0, 0.1) is 0 Å². The van der Waals surface area contributed by atoms with Gasteiger partial charge in [-0.05, 0) is 148 Å². The van der Waals surface area contributed by atoms with E-state index in [1.165, 1.54) is 44.9 Å². The minimum absolute atomic E-state index is 0.121. The molecule has 0 aromatic carbocycles. The molecule has 0 N–H and O–H groups in total. The number of carbonyl (C=O) groups excluding carboxylic acids is 3. The van der Waals surface area contributed by atoms with Crippen LogP contribution >= 0.6 is 0 Å². The number of hydrogen-bond donors (Lipinski definition) is 0. The maximum Gasteiger partial charge on any atom is 0.306 e. The van der Waals surface area contributed by atoms with Gasteiger partial charge in [-0.1, -0.05) is 279 Å². The minimum atomic E-state index is -0.832. The van der Waals surface area contributed by atoms with Crippen LogP contribution in [0.1, 0.15) is 252 Å². The molecule has 0 aliphatic heterocycles. The van der Waals surface area contributed by atoms with Gasteiger partial charge in [0.05, 0.1) is 0 Å². The van der Waals surface area contributed by atoms with E-state index in [0.717, 1.165) is 161 Å². The first kappa shape index (κ1) is 77.2. The number of rotatable bonds is 57. The van der Waals surface area contributed by atoms with Gasteiger partial charge in [-0.25, -0.2) is 0 Å². The van der Waals surface area contributed by atoms with Gasteiger partial charge in [0.1, 0.15) is 13.2 Å². The van der Waals surface area contributed by atoms with Crippen molar-refractivity contribution in [1.29, 1.82) is 0 Å². The lowest BCUT2D eigenvalue weighted by molar-refractivity contribution is -0.166. The molecule has 0 radical (unpaired) electrons. The lowest BCUT2D eigenvalue weighted by Crippen LogP contribution is -2.30. The molecule has 462 valence electrons. The number of carbonyl (C=O) groups is 3. The van der Waals surface area contributed by atoms with Gasteiger partial charge in [-0.15, -0.1) is 0 Å². The summed E-state index contributed by atoms with van der Waals surface area (Å²) in [6.07, 6.45) is 105. The molecule has 1 unspecified atom stereocenters. The summed E-state index contributed by atoms with van der Waals surface area (Å²) in [5.74, 6) is -1.04. The predicted octanol–water partition coefficient (Wildman–Crippen LogP) is 23.0. The van der Waals surface area contributed by atoms with Crippen LogP contribution in [-0.4, -0.2) is 37.2 Å². The Morgan fingerprint density at radius 2 is 0.458 bits per heavy atom. The third-order valence-electron chi connectivity index (χ3n) is 13.1. The fourth-order valence-corrected chi connectivity index (χ4v) is 8.29. The second-order valence-corrected chi connectivity index (χ2v) is 20.9. The molecule has 0 aliphatic rings. The largest absolute Gasteiger partial charge is 0.462 e. The number of esters is 3. The maximum atomic E-state index is 12.9. The number of hydrogen-bond acceptors (Lipinski definition) is 6. The van der Waals surface area contributed by atoms with Crippen molar-refractivity contribution in [3.8, 4) is 0 Å². The van der Waals surface area contributed by atoms with E-state index in [-0.39, 0.29) is 44.0 Å². The zero-order valence-electron chi connectivity index (χ0n) is 52.9. The van der Waals surface area contributed by atoms with Crippen molar-refractivity contribution in [2.75, 3.05) is 13.2 Å². The third-order valence-corrected chi connectivity index (χ3v) is 13.1. The summed E-state index contributed by atoms with van der Waals surface area (Å²) >= 11 is 0. The normalized spacial score (nSPS) is 13.4. The molecular formula is C77H118O6. The Bertz CT molecular complexity index is 1990. The van der Waals surface area contributed by atoms with Gasteiger partial charge in [0.25, 0.3) is 0 Å². The maximum absolute atomic E-state index is 12.9. The second-order valence-electron chi connectivity index (χ2n) is 20.9. The summed E-state index contributed by atoms with van der Waals surface area (Å²) in [6, 6.07) is 0. The molecule has 0 aromatic rings. The van der Waals surface area contributed by atoms with Gasteiger partial charge in [0.15, 0.2) is 6.10 Å². The van der Waals surface area contributed by atoms with E-state index in [9.17, 15) is 14.4 Å². The van der Waals surface area contributed by atoms with Crippen molar-refractivity contribution < 1.29 is 28.6 Å². The quantitative estimate of drug-likeness (QED) is 0.0261. The molecule has 0 spiro atoms. The van der Waals surface area contributed by atoms with Crippen LogP contribution in [0.15, 0.2) is 194 Å². The van der Waals surface area contributed by atoms with E-state index in [4.69, 9.17) is 14.2 Å². The summed E-state index contributed by atoms with van der Waals surface area (Å²) in [5.41, 5.74) is 0. The first-order chi connectivity index (χ1) is 41.0. The first-order valence-corrected chi connectivity index (χ1v) is 32.9. The van der Waals surface area contributed by atoms with Crippen LogP contribution in [0.4, 0.5) is 0 Å². The molecule has 1 atom stereocenters. The van der Waals surface area contributed by atoms with Gasteiger partial charge in [0.2, 0.25) is 0 Å². The van der Waals surface area contributed by atoms with Crippen molar-refractivity contribution in [1.82, 2.24) is 0 Å². The van der Waals surface area contributed by atoms with Crippen molar-refractivity contribution in [2.45, 2.75) is 258 Å². The molecule has 83 heavy (non-hydrogen) atoms. The molecule has 0 amide bonds. The van der Waals surface area contributed by atoms with E-state index < -0.39 is 6.10 Å². The molecule has 0 bridgehead atoms. The van der Waals surface area contributed by atoms with Crippen LogP contribution in [0.25, 0.3) is 0 Å². The van der Waals surface area contributed by atoms with E-state index in [2.05, 4.69) is 203 Å². The van der Waals surface area contributed by atoms with E-state index >= 15 is 0 Å². The fourth-order valence-electron chi connectivity index (χ4n) is 8.29. The Morgan fingerprint density at radius 1 is 0.241 bits per heavy atom. The first-order valence-electron chi connectivity index (χ1n) is 32.9. The summed E-state index contributed by atoms with van der Waals surface area (Å²) in [6.45, 7) is 6.20. The second kappa shape index (κ2) is 68.7. The highest BCUT2D eigenvalue weighted by Crippen LogP contribution is 2.14. The Kier molecular flexibility index (Phi) is 64.0. The Balaban J connectivity index is 4.46. The fraction of sp³-hybridized carbons (Fsp3) is 0.545. The van der Waals surface area contributed by atoms with Crippen LogP contribution in [0.2, 0.25) is 0 Å². The highest BCUT2D eigenvalue weighted by molar-refractivity contribution is 5.71. The zero-order chi connectivity index (χ0) is 59.9.